The lowest BCUT2D eigenvalue weighted by atomic mass is 10.2. The van der Waals surface area contributed by atoms with E-state index in [4.69, 9.17) is 4.74 Å². The number of pyridine rings is 1. The Hall–Kier alpha value is -1.71. The molecule has 0 N–H and O–H groups in total. The summed E-state index contributed by atoms with van der Waals surface area (Å²) in [5.74, 6) is -0.546. The molecule has 0 atom stereocenters. The molecule has 4 heteroatoms. The lowest BCUT2D eigenvalue weighted by Crippen LogP contribution is -2.29. The molecule has 1 heterocycles. The third-order valence-corrected chi connectivity index (χ3v) is 1.54. The highest BCUT2D eigenvalue weighted by atomic mass is 16.6. The van der Waals surface area contributed by atoms with E-state index in [9.17, 15) is 9.59 Å². The largest absolute Gasteiger partial charge is 0.448 e. The van der Waals surface area contributed by atoms with Crippen LogP contribution in [0.5, 0.6) is 0 Å². The minimum Gasteiger partial charge on any atom is -0.448 e. The summed E-state index contributed by atoms with van der Waals surface area (Å²) in [6.07, 6.45) is 3.53. The van der Waals surface area contributed by atoms with Crippen molar-refractivity contribution in [2.24, 2.45) is 0 Å². The zero-order valence-corrected chi connectivity index (χ0v) is 8.06. The summed E-state index contributed by atoms with van der Waals surface area (Å²) in [7, 11) is 0. The highest BCUT2D eigenvalue weighted by Gasteiger charge is 2.22. The zero-order valence-electron chi connectivity index (χ0n) is 8.06. The second-order valence-electron chi connectivity index (χ2n) is 3.35. The van der Waals surface area contributed by atoms with E-state index in [1.807, 2.05) is 0 Å². The molecule has 0 aliphatic carbocycles. The number of carbonyl (C=O) groups excluding carboxylic acids is 2. The molecule has 0 spiro atoms. The minimum absolute atomic E-state index is 0.336. The van der Waals surface area contributed by atoms with Crippen molar-refractivity contribution in [3.8, 4) is 0 Å². The summed E-state index contributed by atoms with van der Waals surface area (Å²) >= 11 is 0. The maximum atomic E-state index is 11.4. The first-order valence-electron chi connectivity index (χ1n) is 4.15. The number of carbonyl (C=O) groups is 2. The van der Waals surface area contributed by atoms with Crippen LogP contribution in [0.15, 0.2) is 24.5 Å². The van der Waals surface area contributed by atoms with Crippen LogP contribution in [0, 0.1) is 0 Å². The van der Waals surface area contributed by atoms with Crippen LogP contribution in [0.3, 0.4) is 0 Å². The van der Waals surface area contributed by atoms with Crippen molar-refractivity contribution in [3.63, 3.8) is 0 Å². The van der Waals surface area contributed by atoms with E-state index in [-0.39, 0.29) is 0 Å². The lowest BCUT2D eigenvalue weighted by molar-refractivity contribution is -0.122. The molecule has 0 amide bonds. The third-order valence-electron chi connectivity index (χ3n) is 1.54. The Bertz CT molecular complexity index is 332. The zero-order chi connectivity index (χ0) is 10.6. The molecule has 0 bridgehead atoms. The van der Waals surface area contributed by atoms with Gasteiger partial charge >= 0.3 is 5.97 Å². The van der Waals surface area contributed by atoms with Crippen LogP contribution in [-0.2, 0) is 9.53 Å². The standard InChI is InChI=1S/C10H11NO3/c1-10(2,7-12)14-9(13)8-4-3-5-11-6-8/h3-7H,1-2H3. The summed E-state index contributed by atoms with van der Waals surface area (Å²) in [6, 6.07) is 3.21. The topological polar surface area (TPSA) is 56.3 Å². The Labute approximate surface area is 81.9 Å². The van der Waals surface area contributed by atoms with Gasteiger partial charge in [-0.05, 0) is 26.0 Å². The van der Waals surface area contributed by atoms with Gasteiger partial charge in [-0.15, -0.1) is 0 Å². The highest BCUT2D eigenvalue weighted by Crippen LogP contribution is 2.09. The van der Waals surface area contributed by atoms with Gasteiger partial charge in [-0.25, -0.2) is 4.79 Å². The van der Waals surface area contributed by atoms with E-state index in [0.29, 0.717) is 11.8 Å². The normalized spacial score (nSPS) is 10.7. The van der Waals surface area contributed by atoms with E-state index in [1.54, 1.807) is 18.3 Å². The Morgan fingerprint density at radius 3 is 2.79 bits per heavy atom. The maximum absolute atomic E-state index is 11.4. The molecule has 0 saturated carbocycles. The molecule has 14 heavy (non-hydrogen) atoms. The van der Waals surface area contributed by atoms with Crippen LogP contribution in [0.2, 0.25) is 0 Å². The van der Waals surface area contributed by atoms with Gasteiger partial charge in [0, 0.05) is 12.4 Å². The van der Waals surface area contributed by atoms with Gasteiger partial charge in [-0.1, -0.05) is 0 Å². The van der Waals surface area contributed by atoms with Crippen LogP contribution < -0.4 is 0 Å². The number of aromatic nitrogens is 1. The maximum Gasteiger partial charge on any atom is 0.340 e. The fourth-order valence-corrected chi connectivity index (χ4v) is 0.805. The summed E-state index contributed by atoms with van der Waals surface area (Å²) < 4.78 is 4.93. The van der Waals surface area contributed by atoms with Crippen molar-refractivity contribution < 1.29 is 14.3 Å². The number of nitrogens with zero attached hydrogens (tertiary/aromatic N) is 1. The van der Waals surface area contributed by atoms with Gasteiger partial charge in [-0.3, -0.25) is 9.78 Å². The highest BCUT2D eigenvalue weighted by molar-refractivity contribution is 5.90. The summed E-state index contributed by atoms with van der Waals surface area (Å²) in [6.45, 7) is 3.04. The Balaban J connectivity index is 2.74. The molecule has 0 aliphatic rings. The monoisotopic (exact) mass is 193 g/mol. The first-order chi connectivity index (χ1) is 6.55. The van der Waals surface area contributed by atoms with Crippen molar-refractivity contribution in [1.29, 1.82) is 0 Å². The molecule has 4 nitrogen and oxygen atoms in total. The molecule has 0 radical (unpaired) electrons. The van der Waals surface area contributed by atoms with Crippen molar-refractivity contribution in [2.45, 2.75) is 19.4 Å². The van der Waals surface area contributed by atoms with Gasteiger partial charge in [-0.2, -0.15) is 0 Å². The van der Waals surface area contributed by atoms with Gasteiger partial charge in [0.2, 0.25) is 0 Å². The van der Waals surface area contributed by atoms with Gasteiger partial charge < -0.3 is 4.74 Å². The number of esters is 1. The predicted molar refractivity (Wildman–Crippen MR) is 49.8 cm³/mol. The Morgan fingerprint density at radius 2 is 2.29 bits per heavy atom. The van der Waals surface area contributed by atoms with Crippen LogP contribution >= 0.6 is 0 Å². The fraction of sp³-hybridized carbons (Fsp3) is 0.300. The van der Waals surface area contributed by atoms with E-state index in [0.717, 1.165) is 0 Å². The number of rotatable bonds is 3. The van der Waals surface area contributed by atoms with Crippen molar-refractivity contribution >= 4 is 12.3 Å². The quantitative estimate of drug-likeness (QED) is 0.535. The molecular formula is C10H11NO3. The average molecular weight is 193 g/mol. The minimum atomic E-state index is -1.09. The van der Waals surface area contributed by atoms with Gasteiger partial charge in [0.15, 0.2) is 11.9 Å². The molecule has 0 saturated heterocycles. The van der Waals surface area contributed by atoms with Crippen LogP contribution in [0.25, 0.3) is 0 Å². The summed E-state index contributed by atoms with van der Waals surface area (Å²) in [5, 5.41) is 0. The SMILES string of the molecule is CC(C)(C=O)OC(=O)c1cccnc1. The van der Waals surface area contributed by atoms with Crippen molar-refractivity contribution in [1.82, 2.24) is 4.98 Å². The fourth-order valence-electron chi connectivity index (χ4n) is 0.805. The van der Waals surface area contributed by atoms with Crippen LogP contribution in [0.4, 0.5) is 0 Å². The second-order valence-corrected chi connectivity index (χ2v) is 3.35. The summed E-state index contributed by atoms with van der Waals surface area (Å²) in [5.41, 5.74) is -0.755. The average Bonchev–Trinajstić information content (AvgIpc) is 2.19. The van der Waals surface area contributed by atoms with Gasteiger partial charge in [0.25, 0.3) is 0 Å². The molecule has 0 aromatic carbocycles. The smallest absolute Gasteiger partial charge is 0.340 e. The molecule has 1 rings (SSSR count). The molecule has 74 valence electrons. The van der Waals surface area contributed by atoms with Crippen LogP contribution in [0.1, 0.15) is 24.2 Å². The van der Waals surface area contributed by atoms with E-state index in [1.165, 1.54) is 20.0 Å². The first kappa shape index (κ1) is 10.4. The van der Waals surface area contributed by atoms with E-state index in [2.05, 4.69) is 4.98 Å². The summed E-state index contributed by atoms with van der Waals surface area (Å²) in [4.78, 5) is 25.7. The number of aldehydes is 1. The first-order valence-corrected chi connectivity index (χ1v) is 4.15. The Kier molecular flexibility index (Phi) is 2.96. The third kappa shape index (κ3) is 2.65. The second kappa shape index (κ2) is 4.00. The Morgan fingerprint density at radius 1 is 1.57 bits per heavy atom. The van der Waals surface area contributed by atoms with Crippen LogP contribution in [-0.4, -0.2) is 22.8 Å². The predicted octanol–water partition coefficient (Wildman–Crippen LogP) is 1.22. The van der Waals surface area contributed by atoms with Crippen molar-refractivity contribution in [3.05, 3.63) is 30.1 Å². The number of hydrogen-bond acceptors (Lipinski definition) is 4. The van der Waals surface area contributed by atoms with Crippen molar-refractivity contribution in [2.75, 3.05) is 0 Å². The number of ether oxygens (including phenoxy) is 1. The van der Waals surface area contributed by atoms with E-state index < -0.39 is 11.6 Å². The lowest BCUT2D eigenvalue weighted by Gasteiger charge is -2.17. The molecule has 0 unspecified atom stereocenters. The van der Waals surface area contributed by atoms with Gasteiger partial charge in [0.1, 0.15) is 0 Å². The molecular weight excluding hydrogens is 182 g/mol. The van der Waals surface area contributed by atoms with Gasteiger partial charge in [0.05, 0.1) is 5.56 Å². The number of hydrogen-bond donors (Lipinski definition) is 0. The molecule has 1 aromatic heterocycles. The molecule has 1 aromatic rings. The van der Waals surface area contributed by atoms with E-state index >= 15 is 0 Å². The molecule has 0 fully saturated rings. The molecule has 0 aliphatic heterocycles.